The normalized spacial score (nSPS) is 17.9. The van der Waals surface area contributed by atoms with Gasteiger partial charge in [-0.3, -0.25) is 0 Å². The summed E-state index contributed by atoms with van der Waals surface area (Å²) in [6.07, 6.45) is 2.16. The average Bonchev–Trinajstić information content (AvgIpc) is 2.40. The van der Waals surface area contributed by atoms with Gasteiger partial charge in [0.25, 0.3) is 0 Å². The lowest BCUT2D eigenvalue weighted by atomic mass is 9.96. The van der Waals surface area contributed by atoms with Gasteiger partial charge in [0.05, 0.1) is 15.7 Å². The molecule has 1 unspecified atom stereocenters. The number of nitrogens with two attached hydrogens (primary N) is 1. The van der Waals surface area contributed by atoms with Crippen LogP contribution in [0.15, 0.2) is 36.4 Å². The highest BCUT2D eigenvalue weighted by atomic mass is 35.5. The van der Waals surface area contributed by atoms with E-state index in [2.05, 4.69) is 30.0 Å². The third-order valence-corrected chi connectivity index (χ3v) is 4.38. The molecule has 1 aliphatic heterocycles. The molecule has 3 rings (SSSR count). The summed E-state index contributed by atoms with van der Waals surface area (Å²) < 4.78 is 0. The molecule has 20 heavy (non-hydrogen) atoms. The Morgan fingerprint density at radius 1 is 1.15 bits per heavy atom. The van der Waals surface area contributed by atoms with Gasteiger partial charge in [-0.2, -0.15) is 0 Å². The van der Waals surface area contributed by atoms with E-state index in [9.17, 15) is 0 Å². The predicted molar refractivity (Wildman–Crippen MR) is 87.2 cm³/mol. The first-order valence-electron chi connectivity index (χ1n) is 6.69. The number of hydrogen-bond donors (Lipinski definition) is 1. The molecular weight excluding hydrogens is 291 g/mol. The fourth-order valence-corrected chi connectivity index (χ4v) is 3.53. The molecule has 2 nitrogen and oxygen atoms in total. The molecule has 1 atom stereocenters. The zero-order valence-corrected chi connectivity index (χ0v) is 12.7. The molecule has 1 heterocycles. The van der Waals surface area contributed by atoms with Crippen molar-refractivity contribution in [1.29, 1.82) is 0 Å². The Balaban J connectivity index is 2.19. The highest BCUT2D eigenvalue weighted by Gasteiger charge is 2.27. The number of rotatable bonds is 1. The molecule has 2 aromatic carbocycles. The van der Waals surface area contributed by atoms with Gasteiger partial charge in [0.15, 0.2) is 0 Å². The number of aryl methyl sites for hydroxylation is 1. The first-order valence-corrected chi connectivity index (χ1v) is 7.45. The van der Waals surface area contributed by atoms with Crippen molar-refractivity contribution < 1.29 is 0 Å². The zero-order chi connectivity index (χ0) is 14.3. The molecule has 0 bridgehead atoms. The maximum Gasteiger partial charge on any atom is 0.0793 e. The van der Waals surface area contributed by atoms with E-state index in [1.54, 1.807) is 12.1 Å². The highest BCUT2D eigenvalue weighted by molar-refractivity contribution is 6.39. The summed E-state index contributed by atoms with van der Waals surface area (Å²) in [5, 5.41) is 1.19. The number of nitrogens with zero attached hydrogens (tertiary/aromatic N) is 1. The number of hydrogen-bond acceptors (Lipinski definition) is 2. The van der Waals surface area contributed by atoms with Crippen LogP contribution in [0.1, 0.15) is 18.9 Å². The molecule has 2 N–H and O–H groups in total. The van der Waals surface area contributed by atoms with E-state index in [1.165, 1.54) is 11.3 Å². The van der Waals surface area contributed by atoms with Gasteiger partial charge in [-0.25, -0.2) is 0 Å². The van der Waals surface area contributed by atoms with Gasteiger partial charge in [-0.05, 0) is 43.5 Å². The van der Waals surface area contributed by atoms with E-state index >= 15 is 0 Å². The quantitative estimate of drug-likeness (QED) is 0.747. The lowest BCUT2D eigenvalue weighted by Crippen LogP contribution is -2.33. The summed E-state index contributed by atoms with van der Waals surface area (Å²) in [5.74, 6) is 0. The number of para-hydroxylation sites is 1. The van der Waals surface area contributed by atoms with Crippen LogP contribution in [0.2, 0.25) is 10.0 Å². The van der Waals surface area contributed by atoms with Gasteiger partial charge < -0.3 is 10.6 Å². The van der Waals surface area contributed by atoms with Crippen molar-refractivity contribution in [2.24, 2.45) is 0 Å². The van der Waals surface area contributed by atoms with Crippen molar-refractivity contribution in [2.75, 3.05) is 10.6 Å². The van der Waals surface area contributed by atoms with E-state index in [0.29, 0.717) is 21.8 Å². The zero-order valence-electron chi connectivity index (χ0n) is 11.2. The summed E-state index contributed by atoms with van der Waals surface area (Å²) in [4.78, 5) is 2.23. The van der Waals surface area contributed by atoms with E-state index in [-0.39, 0.29) is 0 Å². The fraction of sp³-hybridized carbons (Fsp3) is 0.250. The molecule has 2 aromatic rings. The summed E-state index contributed by atoms with van der Waals surface area (Å²) in [6.45, 7) is 2.19. The summed E-state index contributed by atoms with van der Waals surface area (Å²) in [5.41, 5.74) is 9.74. The maximum absolute atomic E-state index is 6.39. The van der Waals surface area contributed by atoms with Crippen molar-refractivity contribution in [3.05, 3.63) is 52.0 Å². The van der Waals surface area contributed by atoms with Crippen LogP contribution in [0.3, 0.4) is 0 Å². The van der Waals surface area contributed by atoms with E-state index in [4.69, 9.17) is 28.9 Å². The molecule has 0 saturated heterocycles. The number of benzene rings is 2. The van der Waals surface area contributed by atoms with E-state index in [0.717, 1.165) is 18.5 Å². The molecule has 0 aliphatic carbocycles. The van der Waals surface area contributed by atoms with E-state index < -0.39 is 0 Å². The van der Waals surface area contributed by atoms with Crippen molar-refractivity contribution >= 4 is 40.3 Å². The van der Waals surface area contributed by atoms with Crippen LogP contribution in [0.5, 0.6) is 0 Å². The molecular formula is C16H16Cl2N2. The molecule has 0 saturated carbocycles. The minimum Gasteiger partial charge on any atom is -0.399 e. The van der Waals surface area contributed by atoms with Crippen LogP contribution in [0.25, 0.3) is 0 Å². The van der Waals surface area contributed by atoms with Crippen LogP contribution in [-0.4, -0.2) is 6.04 Å². The minimum atomic E-state index is 0.350. The lowest BCUT2D eigenvalue weighted by molar-refractivity contribution is 0.618. The second-order valence-corrected chi connectivity index (χ2v) is 6.03. The van der Waals surface area contributed by atoms with Crippen LogP contribution in [0, 0.1) is 0 Å². The molecule has 0 aromatic heterocycles. The third-order valence-electron chi connectivity index (χ3n) is 3.80. The minimum absolute atomic E-state index is 0.350. The Kier molecular flexibility index (Phi) is 3.53. The second-order valence-electron chi connectivity index (χ2n) is 5.22. The lowest BCUT2D eigenvalue weighted by Gasteiger charge is -2.38. The Labute approximate surface area is 129 Å². The number of anilines is 3. The van der Waals surface area contributed by atoms with E-state index in [1.807, 2.05) is 6.07 Å². The Bertz CT molecular complexity index is 632. The molecule has 0 spiro atoms. The van der Waals surface area contributed by atoms with Gasteiger partial charge >= 0.3 is 0 Å². The fourth-order valence-electron chi connectivity index (χ4n) is 2.84. The molecule has 4 heteroatoms. The van der Waals surface area contributed by atoms with Crippen LogP contribution >= 0.6 is 23.2 Å². The average molecular weight is 307 g/mol. The standard InChI is InChI=1S/C16H16Cl2N2/c1-10-6-7-11-4-2-3-5-15(11)20(10)16-13(17)8-12(19)9-14(16)18/h2-5,8-10H,6-7,19H2,1H3. The monoisotopic (exact) mass is 306 g/mol. The number of fused-ring (bicyclic) bond motifs is 1. The first-order chi connectivity index (χ1) is 9.58. The highest BCUT2D eigenvalue weighted by Crippen LogP contribution is 2.44. The number of halogens is 2. The molecule has 0 fully saturated rings. The molecule has 104 valence electrons. The molecule has 0 amide bonds. The van der Waals surface area contributed by atoms with Crippen LogP contribution in [-0.2, 0) is 6.42 Å². The van der Waals surface area contributed by atoms with Crippen molar-refractivity contribution in [1.82, 2.24) is 0 Å². The van der Waals surface area contributed by atoms with Crippen LogP contribution in [0.4, 0.5) is 17.1 Å². The Morgan fingerprint density at radius 3 is 2.50 bits per heavy atom. The van der Waals surface area contributed by atoms with Crippen molar-refractivity contribution in [3.8, 4) is 0 Å². The third kappa shape index (κ3) is 2.23. The summed E-state index contributed by atoms with van der Waals surface area (Å²) in [7, 11) is 0. The summed E-state index contributed by atoms with van der Waals surface area (Å²) >= 11 is 12.8. The Hall–Kier alpha value is -1.38. The van der Waals surface area contributed by atoms with Crippen molar-refractivity contribution in [2.45, 2.75) is 25.8 Å². The smallest absolute Gasteiger partial charge is 0.0793 e. The molecule has 1 aliphatic rings. The largest absolute Gasteiger partial charge is 0.399 e. The van der Waals surface area contributed by atoms with Gasteiger partial charge in [0.1, 0.15) is 0 Å². The van der Waals surface area contributed by atoms with Gasteiger partial charge in [0.2, 0.25) is 0 Å². The van der Waals surface area contributed by atoms with Crippen molar-refractivity contribution in [3.63, 3.8) is 0 Å². The first kappa shape index (κ1) is 13.6. The predicted octanol–water partition coefficient (Wildman–Crippen LogP) is 5.05. The SMILES string of the molecule is CC1CCc2ccccc2N1c1c(Cl)cc(N)cc1Cl. The summed E-state index contributed by atoms with van der Waals surface area (Å²) in [6, 6.07) is 12.3. The van der Waals surface area contributed by atoms with Gasteiger partial charge in [-0.15, -0.1) is 0 Å². The van der Waals surface area contributed by atoms with Crippen LogP contribution < -0.4 is 10.6 Å². The molecule has 0 radical (unpaired) electrons. The van der Waals surface area contributed by atoms with Gasteiger partial charge in [0, 0.05) is 17.4 Å². The Morgan fingerprint density at radius 2 is 1.80 bits per heavy atom. The second kappa shape index (κ2) is 5.19. The van der Waals surface area contributed by atoms with Gasteiger partial charge in [-0.1, -0.05) is 41.4 Å². The topological polar surface area (TPSA) is 29.3 Å². The maximum atomic E-state index is 6.39. The number of nitrogen functional groups attached to an aromatic ring is 1.